The molecule has 0 aliphatic carbocycles. The van der Waals surface area contributed by atoms with Gasteiger partial charge in [0.05, 0.1) is 18.8 Å². The van der Waals surface area contributed by atoms with Crippen LogP contribution >= 0.6 is 11.8 Å². The highest BCUT2D eigenvalue weighted by atomic mass is 32.2. The van der Waals surface area contributed by atoms with Crippen molar-refractivity contribution >= 4 is 17.7 Å². The number of amides is 1. The number of fused-ring (bicyclic) bond motifs is 1. The summed E-state index contributed by atoms with van der Waals surface area (Å²) in [6, 6.07) is 5.56. The van der Waals surface area contributed by atoms with Crippen LogP contribution < -0.4 is 9.47 Å². The molecule has 2 aliphatic rings. The summed E-state index contributed by atoms with van der Waals surface area (Å²) < 4.78 is 11.3. The normalized spacial score (nSPS) is 18.8. The fraction of sp³-hybridized carbons (Fsp3) is 0.500. The summed E-state index contributed by atoms with van der Waals surface area (Å²) in [6.45, 7) is 2.88. The third-order valence-corrected chi connectivity index (χ3v) is 4.24. The molecule has 19 heavy (non-hydrogen) atoms. The molecule has 2 heterocycles. The standard InChI is InChI=1S/C14H17NO3S/c16-14(15-5-9-19-10-6-15)11-3-1-4-12-13(11)18-8-2-7-17-12/h1,3-4H,2,5-10H2. The van der Waals surface area contributed by atoms with Gasteiger partial charge in [-0.2, -0.15) is 11.8 Å². The summed E-state index contributed by atoms with van der Waals surface area (Å²) in [4.78, 5) is 14.5. The number of hydrogen-bond donors (Lipinski definition) is 0. The highest BCUT2D eigenvalue weighted by molar-refractivity contribution is 7.99. The fourth-order valence-corrected chi connectivity index (χ4v) is 3.20. The zero-order valence-electron chi connectivity index (χ0n) is 10.8. The predicted molar refractivity (Wildman–Crippen MR) is 75.3 cm³/mol. The fourth-order valence-electron chi connectivity index (χ4n) is 2.30. The van der Waals surface area contributed by atoms with Crippen LogP contribution in [-0.2, 0) is 0 Å². The molecule has 3 rings (SSSR count). The lowest BCUT2D eigenvalue weighted by atomic mass is 10.1. The maximum atomic E-state index is 12.6. The van der Waals surface area contributed by atoms with Crippen molar-refractivity contribution in [1.29, 1.82) is 0 Å². The Labute approximate surface area is 117 Å². The molecule has 5 heteroatoms. The lowest BCUT2D eigenvalue weighted by Gasteiger charge is -2.27. The Morgan fingerprint density at radius 2 is 1.95 bits per heavy atom. The molecule has 4 nitrogen and oxygen atoms in total. The van der Waals surface area contributed by atoms with E-state index < -0.39 is 0 Å². The van der Waals surface area contributed by atoms with Gasteiger partial charge in [0.15, 0.2) is 11.5 Å². The van der Waals surface area contributed by atoms with Crippen molar-refractivity contribution in [2.75, 3.05) is 37.8 Å². The largest absolute Gasteiger partial charge is 0.490 e. The van der Waals surface area contributed by atoms with Gasteiger partial charge >= 0.3 is 0 Å². The maximum absolute atomic E-state index is 12.6. The van der Waals surface area contributed by atoms with Gasteiger partial charge in [-0.1, -0.05) is 6.07 Å². The number of rotatable bonds is 1. The number of ether oxygens (including phenoxy) is 2. The van der Waals surface area contributed by atoms with Gasteiger partial charge in [0.1, 0.15) is 0 Å². The van der Waals surface area contributed by atoms with E-state index in [2.05, 4.69) is 0 Å². The minimum Gasteiger partial charge on any atom is -0.490 e. The molecular formula is C14H17NO3S. The van der Waals surface area contributed by atoms with Gasteiger partial charge in [0, 0.05) is 31.0 Å². The first-order valence-corrected chi connectivity index (χ1v) is 7.77. The van der Waals surface area contributed by atoms with Crippen molar-refractivity contribution in [3.05, 3.63) is 23.8 Å². The van der Waals surface area contributed by atoms with Crippen LogP contribution in [0.3, 0.4) is 0 Å². The van der Waals surface area contributed by atoms with Crippen LogP contribution in [0.5, 0.6) is 11.5 Å². The van der Waals surface area contributed by atoms with Gasteiger partial charge in [0.2, 0.25) is 0 Å². The number of carbonyl (C=O) groups excluding carboxylic acids is 1. The van der Waals surface area contributed by atoms with Crippen LogP contribution in [0.15, 0.2) is 18.2 Å². The molecule has 0 bridgehead atoms. The van der Waals surface area contributed by atoms with Gasteiger partial charge in [-0.3, -0.25) is 4.79 Å². The molecule has 1 amide bonds. The zero-order valence-corrected chi connectivity index (χ0v) is 11.6. The molecule has 0 N–H and O–H groups in total. The Kier molecular flexibility index (Phi) is 3.82. The second-order valence-corrected chi connectivity index (χ2v) is 5.81. The van der Waals surface area contributed by atoms with E-state index in [9.17, 15) is 4.79 Å². The minimum absolute atomic E-state index is 0.0580. The van der Waals surface area contributed by atoms with E-state index in [-0.39, 0.29) is 5.91 Å². The Hall–Kier alpha value is -1.36. The second-order valence-electron chi connectivity index (χ2n) is 4.59. The van der Waals surface area contributed by atoms with Crippen LogP contribution in [-0.4, -0.2) is 48.6 Å². The Morgan fingerprint density at radius 1 is 1.16 bits per heavy atom. The third-order valence-electron chi connectivity index (χ3n) is 3.30. The quantitative estimate of drug-likeness (QED) is 0.788. The highest BCUT2D eigenvalue weighted by Crippen LogP contribution is 2.34. The molecular weight excluding hydrogens is 262 g/mol. The van der Waals surface area contributed by atoms with Gasteiger partial charge in [-0.25, -0.2) is 0 Å². The van der Waals surface area contributed by atoms with Crippen LogP contribution in [0, 0.1) is 0 Å². The lowest BCUT2D eigenvalue weighted by molar-refractivity contribution is 0.0768. The molecule has 0 atom stereocenters. The Bertz CT molecular complexity index is 472. The lowest BCUT2D eigenvalue weighted by Crippen LogP contribution is -2.38. The van der Waals surface area contributed by atoms with Crippen LogP contribution in [0.1, 0.15) is 16.8 Å². The second kappa shape index (κ2) is 5.74. The zero-order chi connectivity index (χ0) is 13.1. The van der Waals surface area contributed by atoms with Crippen LogP contribution in [0.4, 0.5) is 0 Å². The van der Waals surface area contributed by atoms with Gasteiger partial charge < -0.3 is 14.4 Å². The maximum Gasteiger partial charge on any atom is 0.257 e. The van der Waals surface area contributed by atoms with E-state index in [1.165, 1.54) is 0 Å². The summed E-state index contributed by atoms with van der Waals surface area (Å²) in [7, 11) is 0. The topological polar surface area (TPSA) is 38.8 Å². The Balaban J connectivity index is 1.89. The predicted octanol–water partition coefficient (Wildman–Crippen LogP) is 2.04. The van der Waals surface area contributed by atoms with E-state index in [0.29, 0.717) is 30.3 Å². The number of carbonyl (C=O) groups is 1. The molecule has 102 valence electrons. The summed E-state index contributed by atoms with van der Waals surface area (Å²) >= 11 is 1.89. The van der Waals surface area contributed by atoms with Gasteiger partial charge in [-0.05, 0) is 12.1 Å². The number of hydrogen-bond acceptors (Lipinski definition) is 4. The van der Waals surface area contributed by atoms with E-state index in [4.69, 9.17) is 9.47 Å². The number of para-hydroxylation sites is 1. The summed E-state index contributed by atoms with van der Waals surface area (Å²) in [5.74, 6) is 3.39. The molecule has 1 fully saturated rings. The van der Waals surface area contributed by atoms with Crippen molar-refractivity contribution in [2.24, 2.45) is 0 Å². The van der Waals surface area contributed by atoms with Gasteiger partial charge in [0.25, 0.3) is 5.91 Å². The first-order chi connectivity index (χ1) is 9.36. The monoisotopic (exact) mass is 279 g/mol. The summed E-state index contributed by atoms with van der Waals surface area (Å²) in [6.07, 6.45) is 0.850. The van der Waals surface area contributed by atoms with Crippen molar-refractivity contribution < 1.29 is 14.3 Å². The van der Waals surface area contributed by atoms with Crippen molar-refractivity contribution in [3.8, 4) is 11.5 Å². The molecule has 1 saturated heterocycles. The number of benzene rings is 1. The summed E-state index contributed by atoms with van der Waals surface area (Å²) in [5, 5.41) is 0. The molecule has 1 aromatic carbocycles. The third kappa shape index (κ3) is 2.66. The smallest absolute Gasteiger partial charge is 0.257 e. The molecule has 0 spiro atoms. The minimum atomic E-state index is 0.0580. The Morgan fingerprint density at radius 3 is 2.79 bits per heavy atom. The van der Waals surface area contributed by atoms with Gasteiger partial charge in [-0.15, -0.1) is 0 Å². The molecule has 1 aromatic rings. The average molecular weight is 279 g/mol. The van der Waals surface area contributed by atoms with E-state index in [1.807, 2.05) is 34.9 Å². The molecule has 0 unspecified atom stereocenters. The van der Waals surface area contributed by atoms with E-state index >= 15 is 0 Å². The summed E-state index contributed by atoms with van der Waals surface area (Å²) in [5.41, 5.74) is 0.631. The van der Waals surface area contributed by atoms with Crippen LogP contribution in [0.25, 0.3) is 0 Å². The number of thioether (sulfide) groups is 1. The molecule has 0 saturated carbocycles. The molecule has 2 aliphatic heterocycles. The molecule has 0 radical (unpaired) electrons. The molecule has 0 aromatic heterocycles. The first-order valence-electron chi connectivity index (χ1n) is 6.62. The van der Waals surface area contributed by atoms with E-state index in [0.717, 1.165) is 31.0 Å². The average Bonchev–Trinajstić information content (AvgIpc) is 2.72. The highest BCUT2D eigenvalue weighted by Gasteiger charge is 2.24. The van der Waals surface area contributed by atoms with Crippen molar-refractivity contribution in [3.63, 3.8) is 0 Å². The SMILES string of the molecule is O=C(c1cccc2c1OCCCO2)N1CCSCC1. The first kappa shape index (κ1) is 12.7. The van der Waals surface area contributed by atoms with Crippen molar-refractivity contribution in [1.82, 2.24) is 4.90 Å². The van der Waals surface area contributed by atoms with Crippen molar-refractivity contribution in [2.45, 2.75) is 6.42 Å². The number of nitrogens with zero attached hydrogens (tertiary/aromatic N) is 1. The van der Waals surface area contributed by atoms with E-state index in [1.54, 1.807) is 0 Å². The van der Waals surface area contributed by atoms with Crippen LogP contribution in [0.2, 0.25) is 0 Å².